The highest BCUT2D eigenvalue weighted by molar-refractivity contribution is 6.31. The molecule has 1 heterocycles. The van der Waals surface area contributed by atoms with Gasteiger partial charge in [0.1, 0.15) is 5.82 Å². The van der Waals surface area contributed by atoms with Crippen LogP contribution in [0.4, 0.5) is 4.39 Å². The maximum Gasteiger partial charge on any atom is 0.223 e. The van der Waals surface area contributed by atoms with Gasteiger partial charge in [0.15, 0.2) is 0 Å². The van der Waals surface area contributed by atoms with Gasteiger partial charge in [-0.2, -0.15) is 0 Å². The number of carbonyl (C=O) groups excluding carboxylic acids is 1. The minimum Gasteiger partial charge on any atom is -0.349 e. The number of hydrogen-bond donors (Lipinski definition) is 1. The van der Waals surface area contributed by atoms with E-state index >= 15 is 0 Å². The molecule has 0 aliphatic carbocycles. The SMILES string of the molecule is Cc1ccc([C@H](C)NC(=O)C2CCN(Cc3c(F)cccc3Cl)CC2)cc1. The van der Waals surface area contributed by atoms with Crippen molar-refractivity contribution in [3.63, 3.8) is 0 Å². The lowest BCUT2D eigenvalue weighted by molar-refractivity contribution is -0.127. The number of amides is 1. The Morgan fingerprint density at radius 1 is 1.22 bits per heavy atom. The normalized spacial score (nSPS) is 16.9. The van der Waals surface area contributed by atoms with Gasteiger partial charge in [0.2, 0.25) is 5.91 Å². The molecular formula is C22H26ClFN2O. The lowest BCUT2D eigenvalue weighted by atomic mass is 9.94. The van der Waals surface area contributed by atoms with Gasteiger partial charge in [-0.25, -0.2) is 4.39 Å². The van der Waals surface area contributed by atoms with Crippen molar-refractivity contribution >= 4 is 17.5 Å². The molecule has 1 amide bonds. The number of aryl methyl sites for hydroxylation is 1. The van der Waals surface area contributed by atoms with E-state index in [1.165, 1.54) is 11.6 Å². The van der Waals surface area contributed by atoms with E-state index < -0.39 is 0 Å². The summed E-state index contributed by atoms with van der Waals surface area (Å²) in [4.78, 5) is 14.8. The lowest BCUT2D eigenvalue weighted by Gasteiger charge is -2.32. The highest BCUT2D eigenvalue weighted by Gasteiger charge is 2.26. The van der Waals surface area contributed by atoms with Crippen LogP contribution in [0.25, 0.3) is 0 Å². The van der Waals surface area contributed by atoms with E-state index in [0.717, 1.165) is 31.5 Å². The molecule has 1 fully saturated rings. The Morgan fingerprint density at radius 3 is 2.52 bits per heavy atom. The zero-order valence-corrected chi connectivity index (χ0v) is 16.6. The molecule has 1 aliphatic rings. The Morgan fingerprint density at radius 2 is 1.89 bits per heavy atom. The Balaban J connectivity index is 1.51. The van der Waals surface area contributed by atoms with Crippen LogP contribution < -0.4 is 5.32 Å². The van der Waals surface area contributed by atoms with E-state index in [1.54, 1.807) is 12.1 Å². The summed E-state index contributed by atoms with van der Waals surface area (Å²) in [5, 5.41) is 3.59. The second kappa shape index (κ2) is 8.85. The first-order valence-corrected chi connectivity index (χ1v) is 9.84. The Labute approximate surface area is 165 Å². The fraction of sp³-hybridized carbons (Fsp3) is 0.409. The van der Waals surface area contributed by atoms with E-state index in [0.29, 0.717) is 17.1 Å². The third-order valence-corrected chi connectivity index (χ3v) is 5.69. The molecule has 5 heteroatoms. The highest BCUT2D eigenvalue weighted by Crippen LogP contribution is 2.25. The van der Waals surface area contributed by atoms with E-state index in [-0.39, 0.29) is 23.7 Å². The average Bonchev–Trinajstić information content (AvgIpc) is 2.66. The van der Waals surface area contributed by atoms with Crippen LogP contribution in [0.5, 0.6) is 0 Å². The summed E-state index contributed by atoms with van der Waals surface area (Å²) in [5.41, 5.74) is 2.86. The largest absolute Gasteiger partial charge is 0.349 e. The second-order valence-corrected chi connectivity index (χ2v) is 7.80. The van der Waals surface area contributed by atoms with Crippen molar-refractivity contribution in [1.82, 2.24) is 10.2 Å². The molecule has 0 spiro atoms. The van der Waals surface area contributed by atoms with Crippen LogP contribution in [0.2, 0.25) is 5.02 Å². The van der Waals surface area contributed by atoms with Crippen molar-refractivity contribution in [2.24, 2.45) is 5.92 Å². The van der Waals surface area contributed by atoms with E-state index in [9.17, 15) is 9.18 Å². The number of piperidine rings is 1. The molecule has 27 heavy (non-hydrogen) atoms. The van der Waals surface area contributed by atoms with Crippen LogP contribution in [0, 0.1) is 18.7 Å². The van der Waals surface area contributed by atoms with Crippen molar-refractivity contribution in [2.75, 3.05) is 13.1 Å². The lowest BCUT2D eigenvalue weighted by Crippen LogP contribution is -2.41. The van der Waals surface area contributed by atoms with Crippen molar-refractivity contribution in [2.45, 2.75) is 39.3 Å². The molecule has 1 aliphatic heterocycles. The van der Waals surface area contributed by atoms with Crippen molar-refractivity contribution in [3.05, 3.63) is 70.0 Å². The summed E-state index contributed by atoms with van der Waals surface area (Å²) in [5.74, 6) is -0.161. The maximum absolute atomic E-state index is 14.0. The molecule has 1 atom stereocenters. The topological polar surface area (TPSA) is 32.3 Å². The Hall–Kier alpha value is -1.91. The van der Waals surface area contributed by atoms with E-state index in [4.69, 9.17) is 11.6 Å². The Bertz CT molecular complexity index is 765. The molecular weight excluding hydrogens is 363 g/mol. The quantitative estimate of drug-likeness (QED) is 0.791. The van der Waals surface area contributed by atoms with Gasteiger partial charge in [-0.3, -0.25) is 9.69 Å². The van der Waals surface area contributed by atoms with Crippen LogP contribution in [0.3, 0.4) is 0 Å². The molecule has 0 aromatic heterocycles. The summed E-state index contributed by atoms with van der Waals surface area (Å²) < 4.78 is 14.0. The molecule has 1 saturated heterocycles. The van der Waals surface area contributed by atoms with Crippen LogP contribution >= 0.6 is 11.6 Å². The van der Waals surface area contributed by atoms with E-state index in [2.05, 4.69) is 41.4 Å². The van der Waals surface area contributed by atoms with Crippen molar-refractivity contribution in [3.8, 4) is 0 Å². The highest BCUT2D eigenvalue weighted by atomic mass is 35.5. The first kappa shape index (κ1) is 19.8. The molecule has 144 valence electrons. The summed E-state index contributed by atoms with van der Waals surface area (Å²) >= 11 is 6.12. The van der Waals surface area contributed by atoms with Gasteiger partial charge in [0.25, 0.3) is 0 Å². The summed E-state index contributed by atoms with van der Waals surface area (Å²) in [6.07, 6.45) is 1.55. The maximum atomic E-state index is 14.0. The number of likely N-dealkylation sites (tertiary alicyclic amines) is 1. The predicted octanol–water partition coefficient (Wildman–Crippen LogP) is 4.88. The van der Waals surface area contributed by atoms with Crippen molar-refractivity contribution < 1.29 is 9.18 Å². The fourth-order valence-electron chi connectivity index (χ4n) is 3.53. The van der Waals surface area contributed by atoms with Gasteiger partial charge in [0, 0.05) is 23.0 Å². The van der Waals surface area contributed by atoms with Gasteiger partial charge in [-0.05, 0) is 57.5 Å². The third-order valence-electron chi connectivity index (χ3n) is 5.34. The zero-order chi connectivity index (χ0) is 19.4. The van der Waals surface area contributed by atoms with Crippen LogP contribution in [-0.2, 0) is 11.3 Å². The average molecular weight is 389 g/mol. The minimum absolute atomic E-state index is 0.00485. The molecule has 0 radical (unpaired) electrons. The minimum atomic E-state index is -0.269. The van der Waals surface area contributed by atoms with Gasteiger partial charge < -0.3 is 5.32 Å². The molecule has 1 N–H and O–H groups in total. The van der Waals surface area contributed by atoms with Crippen LogP contribution in [0.1, 0.15) is 42.5 Å². The standard InChI is InChI=1S/C22H26ClFN2O/c1-15-6-8-17(9-7-15)16(2)25-22(27)18-10-12-26(13-11-18)14-19-20(23)4-3-5-21(19)24/h3-9,16,18H,10-14H2,1-2H3,(H,25,27)/t16-/m0/s1. The number of rotatable bonds is 5. The van der Waals surface area contributed by atoms with Gasteiger partial charge in [0.05, 0.1) is 6.04 Å². The number of hydrogen-bond acceptors (Lipinski definition) is 2. The fourth-order valence-corrected chi connectivity index (χ4v) is 3.75. The Kier molecular flexibility index (Phi) is 6.51. The second-order valence-electron chi connectivity index (χ2n) is 7.39. The zero-order valence-electron chi connectivity index (χ0n) is 15.8. The molecule has 3 rings (SSSR count). The van der Waals surface area contributed by atoms with Crippen LogP contribution in [0.15, 0.2) is 42.5 Å². The molecule has 0 saturated carbocycles. The number of benzene rings is 2. The monoisotopic (exact) mass is 388 g/mol. The van der Waals surface area contributed by atoms with Crippen LogP contribution in [-0.4, -0.2) is 23.9 Å². The van der Waals surface area contributed by atoms with Gasteiger partial charge in [-0.15, -0.1) is 0 Å². The molecule has 2 aromatic carbocycles. The number of carbonyl (C=O) groups is 1. The smallest absolute Gasteiger partial charge is 0.223 e. The molecule has 3 nitrogen and oxygen atoms in total. The van der Waals surface area contributed by atoms with Gasteiger partial charge >= 0.3 is 0 Å². The number of halogens is 2. The van der Waals surface area contributed by atoms with Gasteiger partial charge in [-0.1, -0.05) is 47.5 Å². The molecule has 0 bridgehead atoms. The van der Waals surface area contributed by atoms with E-state index in [1.807, 2.05) is 6.92 Å². The first-order valence-electron chi connectivity index (χ1n) is 9.46. The summed E-state index contributed by atoms with van der Waals surface area (Å²) in [7, 11) is 0. The number of nitrogens with zero attached hydrogens (tertiary/aromatic N) is 1. The number of nitrogens with one attached hydrogen (secondary N) is 1. The third kappa shape index (κ3) is 5.08. The molecule has 0 unspecified atom stereocenters. The molecule has 2 aromatic rings. The summed E-state index contributed by atoms with van der Waals surface area (Å²) in [6, 6.07) is 13.0. The first-order chi connectivity index (χ1) is 12.9. The van der Waals surface area contributed by atoms with Crippen molar-refractivity contribution in [1.29, 1.82) is 0 Å². The predicted molar refractivity (Wildman–Crippen MR) is 107 cm³/mol. The summed E-state index contributed by atoms with van der Waals surface area (Å²) in [6.45, 7) is 6.08.